The minimum atomic E-state index is 0.167. The van der Waals surface area contributed by atoms with Crippen molar-refractivity contribution in [3.8, 4) is 0 Å². The Morgan fingerprint density at radius 2 is 2.10 bits per heavy atom. The maximum atomic E-state index is 5.48. The number of nitrogens with zero attached hydrogens (tertiary/aromatic N) is 2. The highest BCUT2D eigenvalue weighted by molar-refractivity contribution is 5.97. The molecule has 0 amide bonds. The van der Waals surface area contributed by atoms with E-state index in [4.69, 9.17) is 4.84 Å². The lowest BCUT2D eigenvalue weighted by atomic mass is 10.1. The van der Waals surface area contributed by atoms with E-state index in [1.165, 1.54) is 19.3 Å². The normalized spacial score (nSPS) is 12.9. The maximum Gasteiger partial charge on any atom is 0.124 e. The number of rotatable bonds is 7. The van der Waals surface area contributed by atoms with Gasteiger partial charge < -0.3 is 4.84 Å². The Morgan fingerprint density at radius 1 is 1.25 bits per heavy atom. The first-order chi connectivity index (χ1) is 9.81. The van der Waals surface area contributed by atoms with Crippen LogP contribution in [0.4, 0.5) is 0 Å². The van der Waals surface area contributed by atoms with Crippen molar-refractivity contribution in [2.75, 3.05) is 0 Å². The van der Waals surface area contributed by atoms with Crippen LogP contribution in [0.5, 0.6) is 0 Å². The minimum absolute atomic E-state index is 0.167. The van der Waals surface area contributed by atoms with Crippen LogP contribution in [0.25, 0.3) is 10.9 Å². The highest BCUT2D eigenvalue weighted by atomic mass is 16.6. The average Bonchev–Trinajstić information content (AvgIpc) is 2.48. The van der Waals surface area contributed by atoms with Crippen LogP contribution in [0, 0.1) is 0 Å². The van der Waals surface area contributed by atoms with E-state index in [2.05, 4.69) is 24.0 Å². The molecular formula is C17H22N2O. The molecule has 2 rings (SSSR count). The number of oxime groups is 1. The lowest BCUT2D eigenvalue weighted by Gasteiger charge is -2.08. The van der Waals surface area contributed by atoms with Gasteiger partial charge in [0.15, 0.2) is 0 Å². The highest BCUT2D eigenvalue weighted by Gasteiger charge is 2.02. The number of hydrogen-bond donors (Lipinski definition) is 0. The molecule has 0 saturated carbocycles. The summed E-state index contributed by atoms with van der Waals surface area (Å²) < 4.78 is 0. The first kappa shape index (κ1) is 14.5. The molecule has 0 spiro atoms. The molecular weight excluding hydrogens is 248 g/mol. The van der Waals surface area contributed by atoms with Gasteiger partial charge in [-0.15, -0.1) is 0 Å². The third-order valence-electron chi connectivity index (χ3n) is 3.31. The number of hydrogen-bond acceptors (Lipinski definition) is 3. The fourth-order valence-electron chi connectivity index (χ4n) is 2.16. The molecule has 0 radical (unpaired) electrons. The summed E-state index contributed by atoms with van der Waals surface area (Å²) in [5.41, 5.74) is 1.95. The largest absolute Gasteiger partial charge is 0.393 e. The molecule has 0 fully saturated rings. The smallest absolute Gasteiger partial charge is 0.124 e. The van der Waals surface area contributed by atoms with Gasteiger partial charge in [-0.1, -0.05) is 49.2 Å². The molecule has 0 aliphatic rings. The van der Waals surface area contributed by atoms with Gasteiger partial charge in [0.2, 0.25) is 0 Å². The van der Waals surface area contributed by atoms with E-state index in [1.54, 1.807) is 12.4 Å². The molecule has 0 aliphatic carbocycles. The second-order valence-corrected chi connectivity index (χ2v) is 5.07. The number of fused-ring (bicyclic) bond motifs is 1. The molecule has 0 saturated heterocycles. The molecule has 1 aromatic heterocycles. The van der Waals surface area contributed by atoms with E-state index in [9.17, 15) is 0 Å². The van der Waals surface area contributed by atoms with Gasteiger partial charge in [0, 0.05) is 17.1 Å². The molecule has 0 N–H and O–H groups in total. The zero-order valence-electron chi connectivity index (χ0n) is 12.2. The van der Waals surface area contributed by atoms with Crippen molar-refractivity contribution in [1.82, 2.24) is 4.98 Å². The molecule has 2 aromatic rings. The quantitative estimate of drug-likeness (QED) is 0.420. The summed E-state index contributed by atoms with van der Waals surface area (Å²) in [5, 5.41) is 5.22. The van der Waals surface area contributed by atoms with Gasteiger partial charge in [0.05, 0.1) is 11.7 Å². The zero-order chi connectivity index (χ0) is 14.2. The summed E-state index contributed by atoms with van der Waals surface area (Å²) in [6.07, 6.45) is 8.46. The monoisotopic (exact) mass is 270 g/mol. The second-order valence-electron chi connectivity index (χ2n) is 5.07. The van der Waals surface area contributed by atoms with Gasteiger partial charge in [-0.3, -0.25) is 4.98 Å². The van der Waals surface area contributed by atoms with Crippen LogP contribution in [0.3, 0.4) is 0 Å². The molecule has 1 atom stereocenters. The van der Waals surface area contributed by atoms with Crippen molar-refractivity contribution < 1.29 is 4.84 Å². The Kier molecular flexibility index (Phi) is 5.54. The third kappa shape index (κ3) is 4.05. The molecule has 3 nitrogen and oxygen atoms in total. The van der Waals surface area contributed by atoms with Crippen LogP contribution in [0.2, 0.25) is 0 Å². The van der Waals surface area contributed by atoms with Gasteiger partial charge in [0.1, 0.15) is 6.10 Å². The fourth-order valence-corrected chi connectivity index (χ4v) is 2.16. The van der Waals surface area contributed by atoms with Crippen LogP contribution in [0.1, 0.15) is 45.1 Å². The molecule has 1 unspecified atom stereocenters. The van der Waals surface area contributed by atoms with Gasteiger partial charge in [-0.25, -0.2) is 0 Å². The van der Waals surface area contributed by atoms with Gasteiger partial charge in [-0.05, 0) is 25.8 Å². The lowest BCUT2D eigenvalue weighted by Crippen LogP contribution is -2.04. The molecule has 1 heterocycles. The van der Waals surface area contributed by atoms with Crippen LogP contribution >= 0.6 is 0 Å². The van der Waals surface area contributed by atoms with Crippen LogP contribution in [-0.2, 0) is 4.84 Å². The number of pyridine rings is 1. The van der Waals surface area contributed by atoms with E-state index in [0.717, 1.165) is 22.9 Å². The molecule has 1 aromatic carbocycles. The predicted molar refractivity (Wildman–Crippen MR) is 84.0 cm³/mol. The highest BCUT2D eigenvalue weighted by Crippen LogP contribution is 2.14. The predicted octanol–water partition coefficient (Wildman–Crippen LogP) is 4.55. The van der Waals surface area contributed by atoms with Crippen molar-refractivity contribution >= 4 is 17.1 Å². The van der Waals surface area contributed by atoms with Crippen molar-refractivity contribution in [2.45, 2.75) is 45.6 Å². The van der Waals surface area contributed by atoms with Gasteiger partial charge in [0.25, 0.3) is 0 Å². The molecule has 3 heteroatoms. The van der Waals surface area contributed by atoms with Crippen molar-refractivity contribution in [3.63, 3.8) is 0 Å². The summed E-state index contributed by atoms with van der Waals surface area (Å²) in [6, 6.07) is 10.1. The summed E-state index contributed by atoms with van der Waals surface area (Å²) >= 11 is 0. The SMILES string of the molecule is CCCCCC(C)O/N=C/c1cccc2cccnc12. The second kappa shape index (κ2) is 7.63. The van der Waals surface area contributed by atoms with Crippen LogP contribution in [-0.4, -0.2) is 17.3 Å². The van der Waals surface area contributed by atoms with Gasteiger partial charge >= 0.3 is 0 Å². The average molecular weight is 270 g/mol. The van der Waals surface area contributed by atoms with Gasteiger partial charge in [-0.2, -0.15) is 0 Å². The lowest BCUT2D eigenvalue weighted by molar-refractivity contribution is 0.0658. The molecule has 106 valence electrons. The van der Waals surface area contributed by atoms with E-state index in [1.807, 2.05) is 30.3 Å². The van der Waals surface area contributed by atoms with Crippen LogP contribution in [0.15, 0.2) is 41.7 Å². The first-order valence-corrected chi connectivity index (χ1v) is 7.34. The maximum absolute atomic E-state index is 5.48. The topological polar surface area (TPSA) is 34.5 Å². The Bertz CT molecular complexity index is 560. The number of unbranched alkanes of at least 4 members (excludes halogenated alkanes) is 2. The zero-order valence-corrected chi connectivity index (χ0v) is 12.2. The number of benzene rings is 1. The summed E-state index contributed by atoms with van der Waals surface area (Å²) in [7, 11) is 0. The number of para-hydroxylation sites is 1. The fraction of sp³-hybridized carbons (Fsp3) is 0.412. The molecule has 0 aliphatic heterocycles. The summed E-state index contributed by atoms with van der Waals surface area (Å²) in [5.74, 6) is 0. The number of aromatic nitrogens is 1. The summed E-state index contributed by atoms with van der Waals surface area (Å²) in [4.78, 5) is 9.88. The van der Waals surface area contributed by atoms with Crippen LogP contribution < -0.4 is 0 Å². The van der Waals surface area contributed by atoms with E-state index in [0.29, 0.717) is 0 Å². The standard InChI is InChI=1S/C17H22N2O/c1-3-4-5-8-14(2)20-19-13-16-10-6-9-15-11-7-12-18-17(15)16/h6-7,9-14H,3-5,8H2,1-2H3/b19-13+. The van der Waals surface area contributed by atoms with Crippen molar-refractivity contribution in [2.24, 2.45) is 5.16 Å². The summed E-state index contributed by atoms with van der Waals surface area (Å²) in [6.45, 7) is 4.27. The Morgan fingerprint density at radius 3 is 2.95 bits per heavy atom. The Balaban J connectivity index is 1.96. The van der Waals surface area contributed by atoms with Crippen molar-refractivity contribution in [1.29, 1.82) is 0 Å². The molecule has 0 bridgehead atoms. The Labute approximate surface area is 120 Å². The molecule has 20 heavy (non-hydrogen) atoms. The van der Waals surface area contributed by atoms with E-state index in [-0.39, 0.29) is 6.10 Å². The van der Waals surface area contributed by atoms with E-state index < -0.39 is 0 Å². The van der Waals surface area contributed by atoms with E-state index >= 15 is 0 Å². The third-order valence-corrected chi connectivity index (χ3v) is 3.31. The van der Waals surface area contributed by atoms with Crippen molar-refractivity contribution in [3.05, 3.63) is 42.1 Å². The first-order valence-electron chi connectivity index (χ1n) is 7.34. The minimum Gasteiger partial charge on any atom is -0.393 e. The Hall–Kier alpha value is -1.90.